The standard InChI is InChI=1S/C10H11BrO2/c1-7(10(12)13)6-8-2-4-9(11)5-3-8/h2-5,7H,6H2,1H3,(H,12,13)/t7-/m1/s1. The Hall–Kier alpha value is -0.830. The second-order valence-electron chi connectivity index (χ2n) is 3.07. The van der Waals surface area contributed by atoms with Crippen LogP contribution in [0.5, 0.6) is 0 Å². The Bertz CT molecular complexity index is 292. The lowest BCUT2D eigenvalue weighted by atomic mass is 10.0. The Labute approximate surface area is 85.7 Å². The van der Waals surface area contributed by atoms with E-state index in [2.05, 4.69) is 15.9 Å². The van der Waals surface area contributed by atoms with E-state index in [0.717, 1.165) is 10.0 Å². The van der Waals surface area contributed by atoms with E-state index >= 15 is 0 Å². The van der Waals surface area contributed by atoms with Crippen LogP contribution in [0.25, 0.3) is 0 Å². The minimum atomic E-state index is -0.747. The van der Waals surface area contributed by atoms with Gasteiger partial charge in [-0.05, 0) is 24.1 Å². The molecule has 0 aliphatic heterocycles. The van der Waals surface area contributed by atoms with Gasteiger partial charge in [0.25, 0.3) is 0 Å². The van der Waals surface area contributed by atoms with Crippen molar-refractivity contribution < 1.29 is 9.90 Å². The third-order valence-corrected chi connectivity index (χ3v) is 2.41. The summed E-state index contributed by atoms with van der Waals surface area (Å²) in [5.74, 6) is -1.07. The summed E-state index contributed by atoms with van der Waals surface area (Å²) in [6.45, 7) is 1.71. The van der Waals surface area contributed by atoms with E-state index in [1.54, 1.807) is 6.92 Å². The van der Waals surface area contributed by atoms with Crippen LogP contribution in [-0.4, -0.2) is 11.1 Å². The lowest BCUT2D eigenvalue weighted by Gasteiger charge is -2.05. The van der Waals surface area contributed by atoms with Crippen LogP contribution in [0.2, 0.25) is 0 Å². The summed E-state index contributed by atoms with van der Waals surface area (Å²) in [6.07, 6.45) is 0.586. The Balaban J connectivity index is 2.64. The molecule has 70 valence electrons. The van der Waals surface area contributed by atoms with E-state index in [1.807, 2.05) is 24.3 Å². The average Bonchev–Trinajstić information content (AvgIpc) is 2.08. The van der Waals surface area contributed by atoms with Gasteiger partial charge in [-0.15, -0.1) is 0 Å². The highest BCUT2D eigenvalue weighted by atomic mass is 79.9. The Morgan fingerprint density at radius 3 is 2.46 bits per heavy atom. The quantitative estimate of drug-likeness (QED) is 0.886. The van der Waals surface area contributed by atoms with Crippen molar-refractivity contribution in [3.05, 3.63) is 34.3 Å². The van der Waals surface area contributed by atoms with E-state index in [9.17, 15) is 4.79 Å². The molecule has 0 aromatic heterocycles. The van der Waals surface area contributed by atoms with Gasteiger partial charge in [0.2, 0.25) is 0 Å². The van der Waals surface area contributed by atoms with E-state index in [0.29, 0.717) is 6.42 Å². The van der Waals surface area contributed by atoms with Gasteiger partial charge in [0.1, 0.15) is 0 Å². The summed E-state index contributed by atoms with van der Waals surface area (Å²) in [4.78, 5) is 10.6. The van der Waals surface area contributed by atoms with Gasteiger partial charge in [0.05, 0.1) is 5.92 Å². The van der Waals surface area contributed by atoms with Gasteiger partial charge >= 0.3 is 5.97 Å². The highest BCUT2D eigenvalue weighted by Gasteiger charge is 2.10. The molecule has 0 heterocycles. The first-order valence-electron chi connectivity index (χ1n) is 4.07. The maximum absolute atomic E-state index is 10.6. The van der Waals surface area contributed by atoms with Crippen LogP contribution in [-0.2, 0) is 11.2 Å². The maximum Gasteiger partial charge on any atom is 0.306 e. The van der Waals surface area contributed by atoms with Gasteiger partial charge in [0, 0.05) is 4.47 Å². The highest BCUT2D eigenvalue weighted by Crippen LogP contribution is 2.13. The number of carbonyl (C=O) groups is 1. The lowest BCUT2D eigenvalue weighted by molar-refractivity contribution is -0.141. The van der Waals surface area contributed by atoms with Crippen molar-refractivity contribution in [2.75, 3.05) is 0 Å². The number of hydrogen-bond donors (Lipinski definition) is 1. The lowest BCUT2D eigenvalue weighted by Crippen LogP contribution is -2.11. The summed E-state index contributed by atoms with van der Waals surface area (Å²) >= 11 is 3.32. The van der Waals surface area contributed by atoms with Crippen molar-refractivity contribution in [3.8, 4) is 0 Å². The van der Waals surface area contributed by atoms with Crippen molar-refractivity contribution >= 4 is 21.9 Å². The molecule has 1 aromatic carbocycles. The Morgan fingerprint density at radius 2 is 2.00 bits per heavy atom. The minimum Gasteiger partial charge on any atom is -0.481 e. The van der Waals surface area contributed by atoms with Crippen molar-refractivity contribution in [3.63, 3.8) is 0 Å². The van der Waals surface area contributed by atoms with Gasteiger partial charge in [-0.2, -0.15) is 0 Å². The molecule has 3 heteroatoms. The summed E-state index contributed by atoms with van der Waals surface area (Å²) in [5, 5.41) is 8.69. The van der Waals surface area contributed by atoms with Crippen molar-refractivity contribution in [1.82, 2.24) is 0 Å². The number of halogens is 1. The van der Waals surface area contributed by atoms with Gasteiger partial charge in [0.15, 0.2) is 0 Å². The van der Waals surface area contributed by atoms with E-state index < -0.39 is 5.97 Å². The van der Waals surface area contributed by atoms with Crippen molar-refractivity contribution in [2.45, 2.75) is 13.3 Å². The zero-order valence-electron chi connectivity index (χ0n) is 7.33. The topological polar surface area (TPSA) is 37.3 Å². The molecular weight excluding hydrogens is 232 g/mol. The maximum atomic E-state index is 10.6. The molecule has 0 unspecified atom stereocenters. The van der Waals surface area contributed by atoms with Crippen LogP contribution >= 0.6 is 15.9 Å². The number of rotatable bonds is 3. The molecular formula is C10H11BrO2. The van der Waals surface area contributed by atoms with Crippen molar-refractivity contribution in [1.29, 1.82) is 0 Å². The zero-order valence-corrected chi connectivity index (χ0v) is 8.91. The minimum absolute atomic E-state index is 0.318. The van der Waals surface area contributed by atoms with Crippen LogP contribution in [0.4, 0.5) is 0 Å². The molecule has 13 heavy (non-hydrogen) atoms. The molecule has 0 aliphatic rings. The molecule has 1 atom stereocenters. The molecule has 1 N–H and O–H groups in total. The van der Waals surface area contributed by atoms with Crippen LogP contribution in [0.15, 0.2) is 28.7 Å². The van der Waals surface area contributed by atoms with Crippen LogP contribution in [0.3, 0.4) is 0 Å². The first-order valence-corrected chi connectivity index (χ1v) is 4.86. The first-order chi connectivity index (χ1) is 6.09. The largest absolute Gasteiger partial charge is 0.481 e. The second kappa shape index (κ2) is 4.42. The Kier molecular flexibility index (Phi) is 3.48. The fourth-order valence-corrected chi connectivity index (χ4v) is 1.33. The molecule has 0 fully saturated rings. The molecule has 0 amide bonds. The molecule has 0 saturated heterocycles. The summed E-state index contributed by atoms with van der Waals surface area (Å²) in [5.41, 5.74) is 1.05. The van der Waals surface area contributed by atoms with Gasteiger partial charge in [-0.1, -0.05) is 35.0 Å². The van der Waals surface area contributed by atoms with Crippen molar-refractivity contribution in [2.24, 2.45) is 5.92 Å². The predicted octanol–water partition coefficient (Wildman–Crippen LogP) is 2.71. The normalized spacial score (nSPS) is 12.5. The van der Waals surface area contributed by atoms with Gasteiger partial charge in [-0.25, -0.2) is 0 Å². The summed E-state index contributed by atoms with van der Waals surface area (Å²) in [7, 11) is 0. The SMILES string of the molecule is C[C@H](Cc1ccc(Br)cc1)C(=O)O. The number of carboxylic acids is 1. The van der Waals surface area contributed by atoms with Gasteiger partial charge < -0.3 is 5.11 Å². The molecule has 0 aliphatic carbocycles. The van der Waals surface area contributed by atoms with Gasteiger partial charge in [-0.3, -0.25) is 4.79 Å². The highest BCUT2D eigenvalue weighted by molar-refractivity contribution is 9.10. The molecule has 2 nitrogen and oxygen atoms in total. The third kappa shape index (κ3) is 3.19. The molecule has 0 bridgehead atoms. The first kappa shape index (κ1) is 10.3. The second-order valence-corrected chi connectivity index (χ2v) is 3.99. The number of hydrogen-bond acceptors (Lipinski definition) is 1. The summed E-state index contributed by atoms with van der Waals surface area (Å²) < 4.78 is 1.01. The fourth-order valence-electron chi connectivity index (χ4n) is 1.06. The molecule has 0 saturated carbocycles. The van der Waals surface area contributed by atoms with Crippen LogP contribution in [0.1, 0.15) is 12.5 Å². The molecule has 0 spiro atoms. The molecule has 1 aromatic rings. The van der Waals surface area contributed by atoms with E-state index in [1.165, 1.54) is 0 Å². The number of benzene rings is 1. The third-order valence-electron chi connectivity index (χ3n) is 1.88. The molecule has 1 rings (SSSR count). The Morgan fingerprint density at radius 1 is 1.46 bits per heavy atom. The molecule has 0 radical (unpaired) electrons. The van der Waals surface area contributed by atoms with E-state index in [-0.39, 0.29) is 5.92 Å². The monoisotopic (exact) mass is 242 g/mol. The van der Waals surface area contributed by atoms with Crippen LogP contribution < -0.4 is 0 Å². The van der Waals surface area contributed by atoms with Crippen LogP contribution in [0, 0.1) is 5.92 Å². The van der Waals surface area contributed by atoms with E-state index in [4.69, 9.17) is 5.11 Å². The number of carboxylic acid groups (broad SMARTS) is 1. The predicted molar refractivity (Wildman–Crippen MR) is 54.6 cm³/mol. The smallest absolute Gasteiger partial charge is 0.306 e. The fraction of sp³-hybridized carbons (Fsp3) is 0.300. The summed E-state index contributed by atoms with van der Waals surface area (Å²) in [6, 6.07) is 7.71. The zero-order chi connectivity index (χ0) is 9.84. The average molecular weight is 243 g/mol. The number of aliphatic carboxylic acids is 1.